The summed E-state index contributed by atoms with van der Waals surface area (Å²) in [6, 6.07) is 3.74. The van der Waals surface area contributed by atoms with E-state index in [1.165, 1.54) is 6.42 Å². The topological polar surface area (TPSA) is 33.7 Å². The molecule has 1 aliphatic carbocycles. The predicted octanol–water partition coefficient (Wildman–Crippen LogP) is 5.86. The Bertz CT molecular complexity index is 780. The van der Waals surface area contributed by atoms with Crippen molar-refractivity contribution >= 4 is 14.0 Å². The van der Waals surface area contributed by atoms with Crippen LogP contribution in [-0.4, -0.2) is 45.7 Å². The van der Waals surface area contributed by atoms with E-state index < -0.39 is 20.0 Å². The van der Waals surface area contributed by atoms with Crippen LogP contribution in [0, 0.1) is 11.6 Å². The summed E-state index contributed by atoms with van der Waals surface area (Å²) in [6.45, 7) is 16.3. The number of halogens is 2. The van der Waals surface area contributed by atoms with Gasteiger partial charge in [-0.3, -0.25) is 0 Å². The minimum Gasteiger partial charge on any atom is -0.488 e. The number of rotatable bonds is 6. The quantitative estimate of drug-likeness (QED) is 0.431. The second kappa shape index (κ2) is 8.98. The van der Waals surface area contributed by atoms with E-state index in [4.69, 9.17) is 9.16 Å². The molecule has 0 unspecified atom stereocenters. The Morgan fingerprint density at radius 1 is 1.10 bits per heavy atom. The van der Waals surface area contributed by atoms with Crippen molar-refractivity contribution in [2.75, 3.05) is 24.7 Å². The van der Waals surface area contributed by atoms with Gasteiger partial charge in [-0.1, -0.05) is 33.6 Å². The maximum absolute atomic E-state index is 15.2. The van der Waals surface area contributed by atoms with E-state index >= 15 is 4.39 Å². The summed E-state index contributed by atoms with van der Waals surface area (Å²) in [5, 5.41) is 3.80. The molecule has 1 saturated heterocycles. The highest BCUT2D eigenvalue weighted by Gasteiger charge is 2.41. The normalized spacial score (nSPS) is 24.1. The number of nitrogens with zero attached hydrogens (tertiary/aromatic N) is 1. The van der Waals surface area contributed by atoms with Crippen LogP contribution in [0.3, 0.4) is 0 Å². The predicted molar refractivity (Wildman–Crippen MR) is 126 cm³/mol. The molecule has 0 aromatic heterocycles. The third-order valence-corrected chi connectivity index (χ3v) is 11.8. The number of anilines is 1. The third kappa shape index (κ3) is 5.42. The molecule has 2 aliphatic rings. The molecule has 1 aliphatic heterocycles. The smallest absolute Gasteiger partial charge is 0.202 e. The van der Waals surface area contributed by atoms with Crippen LogP contribution in [0.15, 0.2) is 12.1 Å². The molecule has 176 valence electrons. The van der Waals surface area contributed by atoms with E-state index in [2.05, 4.69) is 57.9 Å². The number of hydrogen-bond donors (Lipinski definition) is 1. The molecule has 0 bridgehead atoms. The van der Waals surface area contributed by atoms with Gasteiger partial charge in [0.25, 0.3) is 0 Å². The van der Waals surface area contributed by atoms with Crippen molar-refractivity contribution in [3.63, 3.8) is 0 Å². The molecule has 1 heterocycles. The molecule has 0 radical (unpaired) electrons. The second-order valence-corrected chi connectivity index (χ2v) is 16.1. The molecule has 1 aromatic rings. The first-order valence-corrected chi connectivity index (χ1v) is 14.5. The van der Waals surface area contributed by atoms with Crippen LogP contribution in [0.5, 0.6) is 5.75 Å². The third-order valence-electron chi connectivity index (χ3n) is 7.22. The highest BCUT2D eigenvalue weighted by molar-refractivity contribution is 6.74. The highest BCUT2D eigenvalue weighted by atomic mass is 28.4. The van der Waals surface area contributed by atoms with Gasteiger partial charge in [0.15, 0.2) is 19.9 Å². The minimum absolute atomic E-state index is 0.0466. The van der Waals surface area contributed by atoms with Gasteiger partial charge in [0.1, 0.15) is 6.61 Å². The second-order valence-electron chi connectivity index (χ2n) is 11.3. The van der Waals surface area contributed by atoms with E-state index in [1.54, 1.807) is 12.1 Å². The van der Waals surface area contributed by atoms with E-state index in [-0.39, 0.29) is 29.0 Å². The summed E-state index contributed by atoms with van der Waals surface area (Å²) in [4.78, 5) is 2.07. The maximum Gasteiger partial charge on any atom is 0.202 e. The fraction of sp³-hybridized carbons (Fsp3) is 0.750. The van der Waals surface area contributed by atoms with Crippen LogP contribution in [0.4, 0.5) is 14.5 Å². The molecular weight excluding hydrogens is 414 g/mol. The van der Waals surface area contributed by atoms with Crippen molar-refractivity contribution in [3.8, 4) is 5.75 Å². The summed E-state index contributed by atoms with van der Waals surface area (Å²) in [6.07, 6.45) is 4.37. The maximum atomic E-state index is 15.2. The van der Waals surface area contributed by atoms with Gasteiger partial charge >= 0.3 is 0 Å². The van der Waals surface area contributed by atoms with E-state index in [9.17, 15) is 4.39 Å². The van der Waals surface area contributed by atoms with Gasteiger partial charge in [0.2, 0.25) is 5.82 Å². The van der Waals surface area contributed by atoms with Gasteiger partial charge in [-0.2, -0.15) is 4.39 Å². The van der Waals surface area contributed by atoms with Crippen molar-refractivity contribution < 1.29 is 17.9 Å². The van der Waals surface area contributed by atoms with Crippen LogP contribution in [0.25, 0.3) is 0 Å². The lowest BCUT2D eigenvalue weighted by molar-refractivity contribution is 0.194. The van der Waals surface area contributed by atoms with Gasteiger partial charge in [-0.25, -0.2) is 4.39 Å². The average molecular weight is 455 g/mol. The van der Waals surface area contributed by atoms with Gasteiger partial charge in [-0.05, 0) is 57.0 Å². The molecule has 3 rings (SSSR count). The van der Waals surface area contributed by atoms with Gasteiger partial charge in [0, 0.05) is 24.2 Å². The Kier molecular flexibility index (Phi) is 7.09. The molecule has 0 amide bonds. The zero-order chi connectivity index (χ0) is 23.0. The summed E-state index contributed by atoms with van der Waals surface area (Å²) in [5.74, 6) is -1.77. The van der Waals surface area contributed by atoms with E-state index in [1.807, 2.05) is 0 Å². The molecular formula is C24H40F2N2O2Si. The van der Waals surface area contributed by atoms with Gasteiger partial charge < -0.3 is 19.4 Å². The lowest BCUT2D eigenvalue weighted by Gasteiger charge is -2.52. The fourth-order valence-corrected chi connectivity index (χ4v) is 5.55. The SMILES string of the molecule is CC1(C)CN(c2ccc(OCCO[Si](C)(C)C(C)(C)C)c(F)c2F)[C@H]2CCCC[C@H]2N1. The monoisotopic (exact) mass is 454 g/mol. The van der Waals surface area contributed by atoms with Crippen molar-refractivity contribution in [2.45, 2.75) is 96.1 Å². The first-order chi connectivity index (χ1) is 14.3. The Balaban J connectivity index is 1.70. The van der Waals surface area contributed by atoms with Crippen LogP contribution in [0.1, 0.15) is 60.3 Å². The molecule has 2 fully saturated rings. The number of piperazine rings is 1. The van der Waals surface area contributed by atoms with Gasteiger partial charge in [0.05, 0.1) is 12.3 Å². The standard InChI is InChI=1S/C24H40F2N2O2Si/c1-23(2,3)31(6,7)30-15-14-29-20-13-12-19(21(25)22(20)26)28-16-24(4,5)27-17-10-8-9-11-18(17)28/h12-13,17-18,27H,8-11,14-16H2,1-7H3/t17-,18+/m1/s1. The first-order valence-electron chi connectivity index (χ1n) is 11.6. The molecule has 0 spiro atoms. The first kappa shape index (κ1) is 24.5. The average Bonchev–Trinajstić information content (AvgIpc) is 2.66. The zero-order valence-electron chi connectivity index (χ0n) is 20.3. The summed E-state index contributed by atoms with van der Waals surface area (Å²) in [7, 11) is -1.89. The molecule has 1 aromatic carbocycles. The number of hydrogen-bond acceptors (Lipinski definition) is 4. The van der Waals surface area contributed by atoms with Crippen LogP contribution >= 0.6 is 0 Å². The number of benzene rings is 1. The summed E-state index contributed by atoms with van der Waals surface area (Å²) < 4.78 is 41.7. The Hall–Kier alpha value is -1.18. The Morgan fingerprint density at radius 2 is 1.77 bits per heavy atom. The summed E-state index contributed by atoms with van der Waals surface area (Å²) >= 11 is 0. The zero-order valence-corrected chi connectivity index (χ0v) is 21.3. The lowest BCUT2D eigenvalue weighted by Crippen LogP contribution is -2.67. The van der Waals surface area contributed by atoms with Crippen molar-refractivity contribution in [2.24, 2.45) is 0 Å². The fourth-order valence-electron chi connectivity index (χ4n) is 4.53. The van der Waals surface area contributed by atoms with Crippen molar-refractivity contribution in [1.82, 2.24) is 5.32 Å². The molecule has 4 nitrogen and oxygen atoms in total. The number of nitrogens with one attached hydrogen (secondary N) is 1. The number of ether oxygens (including phenoxy) is 1. The van der Waals surface area contributed by atoms with Crippen molar-refractivity contribution in [1.29, 1.82) is 0 Å². The van der Waals surface area contributed by atoms with Gasteiger partial charge in [-0.15, -0.1) is 0 Å². The van der Waals surface area contributed by atoms with Crippen LogP contribution in [0.2, 0.25) is 18.1 Å². The van der Waals surface area contributed by atoms with E-state index in [0.29, 0.717) is 24.9 Å². The number of fused-ring (bicyclic) bond motifs is 1. The lowest BCUT2D eigenvalue weighted by atomic mass is 9.83. The highest BCUT2D eigenvalue weighted by Crippen LogP contribution is 2.38. The van der Waals surface area contributed by atoms with Crippen LogP contribution < -0.4 is 15.0 Å². The Labute approximate surface area is 187 Å². The van der Waals surface area contributed by atoms with Crippen molar-refractivity contribution in [3.05, 3.63) is 23.8 Å². The van der Waals surface area contributed by atoms with E-state index in [0.717, 1.165) is 19.3 Å². The molecule has 1 saturated carbocycles. The summed E-state index contributed by atoms with van der Waals surface area (Å²) in [5.41, 5.74) is 0.186. The molecule has 31 heavy (non-hydrogen) atoms. The molecule has 2 atom stereocenters. The Morgan fingerprint density at radius 3 is 2.45 bits per heavy atom. The molecule has 1 N–H and O–H groups in total. The molecule has 7 heteroatoms. The largest absolute Gasteiger partial charge is 0.488 e. The minimum atomic E-state index is -1.89. The van der Waals surface area contributed by atoms with Crippen LogP contribution in [-0.2, 0) is 4.43 Å².